The summed E-state index contributed by atoms with van der Waals surface area (Å²) in [6.45, 7) is 1.75. The van der Waals surface area contributed by atoms with Gasteiger partial charge in [0.2, 0.25) is 5.91 Å². The molecule has 0 spiro atoms. The summed E-state index contributed by atoms with van der Waals surface area (Å²) < 4.78 is 12.1. The van der Waals surface area contributed by atoms with Crippen LogP contribution in [-0.4, -0.2) is 32.8 Å². The van der Waals surface area contributed by atoms with Gasteiger partial charge in [-0.05, 0) is 49.6 Å². The van der Waals surface area contributed by atoms with E-state index in [9.17, 15) is 4.79 Å². The molecular formula is C12H16Br2N2O3. The number of amides is 1. The van der Waals surface area contributed by atoms with Crippen molar-refractivity contribution in [2.45, 2.75) is 6.54 Å². The molecule has 0 fully saturated rings. The molecule has 19 heavy (non-hydrogen) atoms. The molecule has 1 amide bonds. The average molecular weight is 396 g/mol. The Balaban J connectivity index is 2.36. The molecule has 5 nitrogen and oxygen atoms in total. The minimum absolute atomic E-state index is 0.0404. The normalized spacial score (nSPS) is 10.5. The average Bonchev–Trinajstić information content (AvgIpc) is 2.33. The molecule has 0 unspecified atom stereocenters. The molecule has 0 aliphatic rings. The second kappa shape index (κ2) is 8.52. The third-order valence-corrected chi connectivity index (χ3v) is 3.44. The van der Waals surface area contributed by atoms with E-state index in [1.165, 1.54) is 0 Å². The smallest absolute Gasteiger partial charge is 0.243 e. The first-order chi connectivity index (χ1) is 9.04. The zero-order valence-corrected chi connectivity index (χ0v) is 13.7. The number of rotatable bonds is 8. The number of hydrogen-bond acceptors (Lipinski definition) is 4. The van der Waals surface area contributed by atoms with Crippen molar-refractivity contribution in [3.63, 3.8) is 0 Å². The van der Waals surface area contributed by atoms with Crippen LogP contribution in [0, 0.1) is 0 Å². The first kappa shape index (κ1) is 16.4. The molecule has 0 heterocycles. The highest BCUT2D eigenvalue weighted by atomic mass is 79.9. The SMILES string of the molecule is COc1c(Br)cc(CNCCOCC(N)=O)cc1Br. The van der Waals surface area contributed by atoms with Gasteiger partial charge in [-0.25, -0.2) is 0 Å². The van der Waals surface area contributed by atoms with Gasteiger partial charge < -0.3 is 20.5 Å². The molecule has 0 aliphatic carbocycles. The lowest BCUT2D eigenvalue weighted by molar-refractivity contribution is -0.122. The maximum absolute atomic E-state index is 10.4. The molecule has 0 bridgehead atoms. The van der Waals surface area contributed by atoms with Gasteiger partial charge in [-0.1, -0.05) is 0 Å². The van der Waals surface area contributed by atoms with Crippen molar-refractivity contribution < 1.29 is 14.3 Å². The number of nitrogens with one attached hydrogen (secondary N) is 1. The number of benzene rings is 1. The predicted octanol–water partition coefficient (Wildman–Crippen LogP) is 1.81. The molecule has 1 rings (SSSR count). The van der Waals surface area contributed by atoms with Gasteiger partial charge in [0.25, 0.3) is 0 Å². The number of halogens is 2. The van der Waals surface area contributed by atoms with E-state index in [1.54, 1.807) is 7.11 Å². The van der Waals surface area contributed by atoms with Gasteiger partial charge in [-0.15, -0.1) is 0 Å². The van der Waals surface area contributed by atoms with Crippen LogP contribution in [0.5, 0.6) is 5.75 Å². The fourth-order valence-corrected chi connectivity index (χ4v) is 3.06. The number of hydrogen-bond donors (Lipinski definition) is 2. The largest absolute Gasteiger partial charge is 0.494 e. The molecule has 0 aliphatic heterocycles. The molecule has 0 saturated heterocycles. The van der Waals surface area contributed by atoms with Crippen molar-refractivity contribution in [2.75, 3.05) is 26.9 Å². The predicted molar refractivity (Wildman–Crippen MR) is 80.1 cm³/mol. The molecule has 3 N–H and O–H groups in total. The summed E-state index contributed by atoms with van der Waals surface area (Å²) in [5, 5.41) is 3.21. The van der Waals surface area contributed by atoms with Gasteiger partial charge in [0.15, 0.2) is 0 Å². The molecule has 0 saturated carbocycles. The molecule has 0 atom stereocenters. The molecule has 7 heteroatoms. The third-order valence-electron chi connectivity index (χ3n) is 2.26. The highest BCUT2D eigenvalue weighted by Crippen LogP contribution is 2.34. The van der Waals surface area contributed by atoms with Crippen molar-refractivity contribution in [3.05, 3.63) is 26.6 Å². The highest BCUT2D eigenvalue weighted by Gasteiger charge is 2.07. The van der Waals surface area contributed by atoms with Crippen LogP contribution < -0.4 is 15.8 Å². The Morgan fingerprint density at radius 1 is 1.37 bits per heavy atom. The maximum Gasteiger partial charge on any atom is 0.243 e. The van der Waals surface area contributed by atoms with Gasteiger partial charge in [0.1, 0.15) is 12.4 Å². The summed E-state index contributed by atoms with van der Waals surface area (Å²) in [7, 11) is 1.62. The quantitative estimate of drug-likeness (QED) is 0.658. The van der Waals surface area contributed by atoms with E-state index in [4.69, 9.17) is 15.2 Å². The number of nitrogens with two attached hydrogens (primary N) is 1. The minimum Gasteiger partial charge on any atom is -0.494 e. The number of carbonyl (C=O) groups is 1. The number of methoxy groups -OCH3 is 1. The van der Waals surface area contributed by atoms with Gasteiger partial charge >= 0.3 is 0 Å². The van der Waals surface area contributed by atoms with E-state index >= 15 is 0 Å². The van der Waals surface area contributed by atoms with Crippen molar-refractivity contribution in [2.24, 2.45) is 5.73 Å². The second-order valence-electron chi connectivity index (χ2n) is 3.79. The summed E-state index contributed by atoms with van der Waals surface area (Å²) in [5.41, 5.74) is 6.06. The molecule has 0 radical (unpaired) electrons. The van der Waals surface area contributed by atoms with Crippen LogP contribution in [0.25, 0.3) is 0 Å². The third kappa shape index (κ3) is 5.90. The van der Waals surface area contributed by atoms with E-state index in [2.05, 4.69) is 37.2 Å². The van der Waals surface area contributed by atoms with E-state index in [0.717, 1.165) is 20.3 Å². The first-order valence-corrected chi connectivity index (χ1v) is 7.22. The fraction of sp³-hybridized carbons (Fsp3) is 0.417. The Morgan fingerprint density at radius 2 is 2.00 bits per heavy atom. The monoisotopic (exact) mass is 394 g/mol. The van der Waals surface area contributed by atoms with Crippen molar-refractivity contribution in [3.8, 4) is 5.75 Å². The first-order valence-electron chi connectivity index (χ1n) is 5.63. The maximum atomic E-state index is 10.4. The van der Waals surface area contributed by atoms with Crippen LogP contribution in [0.15, 0.2) is 21.1 Å². The van der Waals surface area contributed by atoms with Crippen molar-refractivity contribution in [1.29, 1.82) is 0 Å². The zero-order chi connectivity index (χ0) is 14.3. The summed E-state index contributed by atoms with van der Waals surface area (Å²) in [6, 6.07) is 3.97. The van der Waals surface area contributed by atoms with Gasteiger partial charge in [-0.3, -0.25) is 4.79 Å². The number of ether oxygens (including phenoxy) is 2. The van der Waals surface area contributed by atoms with E-state index in [1.807, 2.05) is 12.1 Å². The highest BCUT2D eigenvalue weighted by molar-refractivity contribution is 9.11. The molecule has 1 aromatic rings. The van der Waals surface area contributed by atoms with Crippen LogP contribution in [0.3, 0.4) is 0 Å². The van der Waals surface area contributed by atoms with E-state index < -0.39 is 5.91 Å². The topological polar surface area (TPSA) is 73.6 Å². The van der Waals surface area contributed by atoms with Crippen molar-refractivity contribution >= 4 is 37.8 Å². The van der Waals surface area contributed by atoms with Gasteiger partial charge in [-0.2, -0.15) is 0 Å². The summed E-state index contributed by atoms with van der Waals surface area (Å²) in [6.07, 6.45) is 0. The Morgan fingerprint density at radius 3 is 2.53 bits per heavy atom. The lowest BCUT2D eigenvalue weighted by Crippen LogP contribution is -2.23. The Labute approximate surface area is 129 Å². The van der Waals surface area contributed by atoms with Crippen molar-refractivity contribution in [1.82, 2.24) is 5.32 Å². The lowest BCUT2D eigenvalue weighted by Gasteiger charge is -2.10. The fourth-order valence-electron chi connectivity index (χ4n) is 1.46. The number of primary amides is 1. The van der Waals surface area contributed by atoms with Gasteiger partial charge in [0, 0.05) is 13.1 Å². The molecular weight excluding hydrogens is 380 g/mol. The standard InChI is InChI=1S/C12H16Br2N2O3/c1-18-12-9(13)4-8(5-10(12)14)6-16-2-3-19-7-11(15)17/h4-5,16H,2-3,6-7H2,1H3,(H2,15,17). The van der Waals surface area contributed by atoms with Crippen LogP contribution in [0.4, 0.5) is 0 Å². The minimum atomic E-state index is -0.456. The zero-order valence-electron chi connectivity index (χ0n) is 10.5. The van der Waals surface area contributed by atoms with Crippen LogP contribution >= 0.6 is 31.9 Å². The molecule has 1 aromatic carbocycles. The van der Waals surface area contributed by atoms with E-state index in [-0.39, 0.29) is 6.61 Å². The Bertz CT molecular complexity index is 418. The molecule has 106 valence electrons. The number of carbonyl (C=O) groups excluding carboxylic acids is 1. The summed E-state index contributed by atoms with van der Waals surface area (Å²) >= 11 is 6.90. The van der Waals surface area contributed by atoms with Crippen LogP contribution in [0.1, 0.15) is 5.56 Å². The summed E-state index contributed by atoms with van der Waals surface area (Å²) in [4.78, 5) is 10.4. The second-order valence-corrected chi connectivity index (χ2v) is 5.50. The Hall–Kier alpha value is -0.630. The molecule has 0 aromatic heterocycles. The van der Waals surface area contributed by atoms with Crippen LogP contribution in [-0.2, 0) is 16.1 Å². The summed E-state index contributed by atoms with van der Waals surface area (Å²) in [5.74, 6) is 0.316. The van der Waals surface area contributed by atoms with E-state index in [0.29, 0.717) is 19.7 Å². The van der Waals surface area contributed by atoms with Gasteiger partial charge in [0.05, 0.1) is 22.7 Å². The Kier molecular flexibility index (Phi) is 7.37. The lowest BCUT2D eigenvalue weighted by atomic mass is 10.2. The van der Waals surface area contributed by atoms with Crippen LogP contribution in [0.2, 0.25) is 0 Å².